The van der Waals surface area contributed by atoms with Gasteiger partial charge in [-0.15, -0.1) is 0 Å². The van der Waals surface area contributed by atoms with Gasteiger partial charge in [0, 0.05) is 89.8 Å². The fourth-order valence-corrected chi connectivity index (χ4v) is 13.1. The second-order valence-electron chi connectivity index (χ2n) is 24.2. The molecule has 16 rings (SSSR count). The third-order valence-corrected chi connectivity index (χ3v) is 18.0. The Bertz CT molecular complexity index is 5360. The smallest absolute Gasteiger partial charge is 0.0346 e. The van der Waals surface area contributed by atoms with Crippen LogP contribution in [0.5, 0.6) is 0 Å². The lowest BCUT2D eigenvalue weighted by atomic mass is 9.87. The highest BCUT2D eigenvalue weighted by Crippen LogP contribution is 2.43. The monoisotopic (exact) mass is 1220 g/mol. The molecule has 0 amide bonds. The molecule has 0 aliphatic heterocycles. The second-order valence-corrected chi connectivity index (χ2v) is 24.2. The Morgan fingerprint density at radius 3 is 0.510 bits per heavy atom. The SMILES string of the molecule is c1cncc(-c2cccc(-c3cc(-c4cccc(-c5cccnc5)c4)cc(-c4cccc(-c5cccc(-c6cc(-c7cccc(-c8cccnc8)c7)cc(-c7cccc(-c8ccc(-c9cccc(-c%10cccnc%10)c9)cc8-c8cccc(-c9cccnc9)c8)c7)c6)c5)c4)c3)c2)c1. The molecule has 0 aliphatic rings. The van der Waals surface area contributed by atoms with Gasteiger partial charge in [0.2, 0.25) is 0 Å². The number of benzene rings is 11. The molecule has 11 aromatic carbocycles. The first-order valence-corrected chi connectivity index (χ1v) is 32.3. The Labute approximate surface area is 559 Å². The fourth-order valence-electron chi connectivity index (χ4n) is 13.1. The maximum absolute atomic E-state index is 4.49. The van der Waals surface area contributed by atoms with E-state index in [-0.39, 0.29) is 0 Å². The molecule has 96 heavy (non-hydrogen) atoms. The van der Waals surface area contributed by atoms with E-state index in [1.54, 1.807) is 0 Å². The highest BCUT2D eigenvalue weighted by Gasteiger charge is 2.17. The predicted octanol–water partition coefficient (Wildman–Crippen LogP) is 23.7. The highest BCUT2D eigenvalue weighted by molar-refractivity contribution is 5.93. The normalized spacial score (nSPS) is 11.1. The molecule has 5 heteroatoms. The Kier molecular flexibility index (Phi) is 16.0. The van der Waals surface area contributed by atoms with Crippen LogP contribution in [0.25, 0.3) is 167 Å². The fraction of sp³-hybridized carbons (Fsp3) is 0. The molecule has 0 saturated heterocycles. The summed E-state index contributed by atoms with van der Waals surface area (Å²) < 4.78 is 0. The molecule has 0 fully saturated rings. The van der Waals surface area contributed by atoms with Crippen molar-refractivity contribution < 1.29 is 0 Å². The molecule has 16 aromatic rings. The molecule has 0 atom stereocenters. The molecule has 450 valence electrons. The first-order chi connectivity index (χ1) is 47.5. The average molecular weight is 1220 g/mol. The van der Waals surface area contributed by atoms with Crippen molar-refractivity contribution in [2.45, 2.75) is 0 Å². The van der Waals surface area contributed by atoms with Crippen molar-refractivity contribution in [1.29, 1.82) is 0 Å². The summed E-state index contributed by atoms with van der Waals surface area (Å²) in [4.78, 5) is 22.3. The van der Waals surface area contributed by atoms with Gasteiger partial charge in [0.15, 0.2) is 0 Å². The van der Waals surface area contributed by atoms with Crippen LogP contribution in [0.1, 0.15) is 0 Å². The summed E-state index contributed by atoms with van der Waals surface area (Å²) in [7, 11) is 0. The van der Waals surface area contributed by atoms with Gasteiger partial charge in [0.05, 0.1) is 0 Å². The van der Waals surface area contributed by atoms with E-state index < -0.39 is 0 Å². The van der Waals surface area contributed by atoms with Gasteiger partial charge >= 0.3 is 0 Å². The number of pyridine rings is 5. The van der Waals surface area contributed by atoms with E-state index in [0.29, 0.717) is 0 Å². The average Bonchev–Trinajstić information content (AvgIpc) is 1.08. The Morgan fingerprint density at radius 2 is 0.281 bits per heavy atom. The van der Waals surface area contributed by atoms with Crippen molar-refractivity contribution in [3.63, 3.8) is 0 Å². The summed E-state index contributed by atoms with van der Waals surface area (Å²) in [6.45, 7) is 0. The van der Waals surface area contributed by atoms with E-state index in [9.17, 15) is 0 Å². The van der Waals surface area contributed by atoms with Gasteiger partial charge in [-0.05, 0) is 260 Å². The minimum Gasteiger partial charge on any atom is -0.264 e. The van der Waals surface area contributed by atoms with Crippen LogP contribution in [-0.4, -0.2) is 24.9 Å². The summed E-state index contributed by atoms with van der Waals surface area (Å²) in [5.74, 6) is 0. The summed E-state index contributed by atoms with van der Waals surface area (Å²) in [5, 5.41) is 0. The van der Waals surface area contributed by atoms with Crippen LogP contribution in [0.15, 0.2) is 371 Å². The first kappa shape index (κ1) is 58.3. The number of rotatable bonds is 15. The lowest BCUT2D eigenvalue weighted by Gasteiger charge is -2.17. The van der Waals surface area contributed by atoms with Gasteiger partial charge in [-0.25, -0.2) is 0 Å². The van der Waals surface area contributed by atoms with Gasteiger partial charge in [-0.3, -0.25) is 24.9 Å². The molecular weight excluding hydrogens is 1160 g/mol. The third kappa shape index (κ3) is 12.5. The molecule has 0 aliphatic carbocycles. The lowest BCUT2D eigenvalue weighted by Crippen LogP contribution is -1.91. The van der Waals surface area contributed by atoms with Crippen molar-refractivity contribution in [2.75, 3.05) is 0 Å². The molecule has 0 radical (unpaired) electrons. The summed E-state index contributed by atoms with van der Waals surface area (Å²) >= 11 is 0. The van der Waals surface area contributed by atoms with Gasteiger partial charge in [0.25, 0.3) is 0 Å². The van der Waals surface area contributed by atoms with Gasteiger partial charge < -0.3 is 0 Å². The summed E-state index contributed by atoms with van der Waals surface area (Å²) in [6.07, 6.45) is 18.8. The van der Waals surface area contributed by atoms with Crippen LogP contribution in [0.3, 0.4) is 0 Å². The van der Waals surface area contributed by atoms with Crippen LogP contribution >= 0.6 is 0 Å². The molecule has 0 N–H and O–H groups in total. The largest absolute Gasteiger partial charge is 0.264 e. The number of aromatic nitrogens is 5. The Hall–Kier alpha value is -12.8. The third-order valence-electron chi connectivity index (χ3n) is 18.0. The molecular formula is C91H61N5. The Morgan fingerprint density at radius 1 is 0.115 bits per heavy atom. The molecule has 0 bridgehead atoms. The number of hydrogen-bond acceptors (Lipinski definition) is 5. The van der Waals surface area contributed by atoms with Crippen LogP contribution in [0.4, 0.5) is 0 Å². The van der Waals surface area contributed by atoms with Crippen LogP contribution in [-0.2, 0) is 0 Å². The van der Waals surface area contributed by atoms with Crippen molar-refractivity contribution in [1.82, 2.24) is 24.9 Å². The maximum Gasteiger partial charge on any atom is 0.0346 e. The minimum atomic E-state index is 1.07. The number of hydrogen-bond donors (Lipinski definition) is 0. The summed E-state index contributed by atoms with van der Waals surface area (Å²) in [5.41, 5.74) is 33.4. The van der Waals surface area contributed by atoms with E-state index in [1.165, 1.54) is 0 Å². The standard InChI is InChI=1S/C91H61N5/c1-16-64(42-65(17-1)79-30-9-37-92-57-79)76-35-36-90(91(56-76)78-29-7-21-69(48-78)83-34-13-41-96-61-83)77-28-8-27-75(49-77)89-54-85(52-88(55-89)74-26-6-20-68(47-74)82-33-12-40-95-60-82)71-23-3-15-63(44-71)62-14-2-22-70(43-62)84-50-86(72-24-4-18-66(45-72)80-31-10-38-93-58-80)53-87(51-84)73-25-5-19-67(46-73)81-32-11-39-94-59-81/h1-61H. The van der Waals surface area contributed by atoms with E-state index in [0.717, 1.165) is 167 Å². The van der Waals surface area contributed by atoms with E-state index >= 15 is 0 Å². The molecule has 5 heterocycles. The molecule has 5 nitrogen and oxygen atoms in total. The maximum atomic E-state index is 4.49. The minimum absolute atomic E-state index is 1.07. The highest BCUT2D eigenvalue weighted by atomic mass is 14.6. The first-order valence-electron chi connectivity index (χ1n) is 32.3. The van der Waals surface area contributed by atoms with Gasteiger partial charge in [0.1, 0.15) is 0 Å². The van der Waals surface area contributed by atoms with Crippen LogP contribution in [0, 0.1) is 0 Å². The predicted molar refractivity (Wildman–Crippen MR) is 397 cm³/mol. The zero-order chi connectivity index (χ0) is 64.0. The van der Waals surface area contributed by atoms with Crippen molar-refractivity contribution >= 4 is 0 Å². The molecule has 0 saturated carbocycles. The van der Waals surface area contributed by atoms with Crippen molar-refractivity contribution in [2.24, 2.45) is 0 Å². The second kappa shape index (κ2) is 26.4. The topological polar surface area (TPSA) is 64.5 Å². The van der Waals surface area contributed by atoms with Crippen LogP contribution in [0.2, 0.25) is 0 Å². The molecule has 0 unspecified atom stereocenters. The van der Waals surface area contributed by atoms with Crippen molar-refractivity contribution in [3.8, 4) is 167 Å². The summed E-state index contributed by atoms with van der Waals surface area (Å²) in [6, 6.07) is 113. The molecule has 5 aromatic heterocycles. The zero-order valence-corrected chi connectivity index (χ0v) is 52.5. The van der Waals surface area contributed by atoms with E-state index in [2.05, 4.69) is 304 Å². The lowest BCUT2D eigenvalue weighted by molar-refractivity contribution is 1.33. The Balaban J connectivity index is 0.799. The van der Waals surface area contributed by atoms with Crippen molar-refractivity contribution in [3.05, 3.63) is 371 Å². The molecule has 0 spiro atoms. The van der Waals surface area contributed by atoms with E-state index in [4.69, 9.17) is 0 Å². The van der Waals surface area contributed by atoms with E-state index in [1.807, 2.05) is 92.3 Å². The zero-order valence-electron chi connectivity index (χ0n) is 52.5. The van der Waals surface area contributed by atoms with Crippen LogP contribution < -0.4 is 0 Å². The number of nitrogens with zero attached hydrogens (tertiary/aromatic N) is 5. The quantitative estimate of drug-likeness (QED) is 0.102. The van der Waals surface area contributed by atoms with Gasteiger partial charge in [-0.2, -0.15) is 0 Å². The van der Waals surface area contributed by atoms with Gasteiger partial charge in [-0.1, -0.05) is 188 Å².